The molecule has 0 aliphatic heterocycles. The Morgan fingerprint density at radius 1 is 1.29 bits per heavy atom. The summed E-state index contributed by atoms with van der Waals surface area (Å²) in [7, 11) is -3.84. The number of nitrogens with two attached hydrogens (primary N) is 1. The smallest absolute Gasteiger partial charge is 0.258 e. The van der Waals surface area contributed by atoms with Gasteiger partial charge < -0.3 is 5.32 Å². The molecule has 112 valence electrons. The van der Waals surface area contributed by atoms with Crippen LogP contribution in [-0.4, -0.2) is 14.3 Å². The van der Waals surface area contributed by atoms with Crippen molar-refractivity contribution in [1.29, 1.82) is 0 Å². The maximum atomic E-state index is 12.1. The van der Waals surface area contributed by atoms with E-state index < -0.39 is 15.9 Å². The Morgan fingerprint density at radius 3 is 2.48 bits per heavy atom. The monoisotopic (exact) mass is 364 g/mol. The molecule has 0 aliphatic rings. The molecule has 1 amide bonds. The highest BCUT2D eigenvalue weighted by Crippen LogP contribution is 2.32. The lowest BCUT2D eigenvalue weighted by atomic mass is 10.2. The highest BCUT2D eigenvalue weighted by atomic mass is 35.5. The van der Waals surface area contributed by atoms with Gasteiger partial charge in [-0.3, -0.25) is 4.79 Å². The summed E-state index contributed by atoms with van der Waals surface area (Å²) < 4.78 is 23.3. The van der Waals surface area contributed by atoms with Crippen LogP contribution >= 0.6 is 34.5 Å². The third kappa shape index (κ3) is 3.75. The van der Waals surface area contributed by atoms with Crippen molar-refractivity contribution in [3.05, 3.63) is 44.1 Å². The first-order valence-corrected chi connectivity index (χ1v) is 8.70. The van der Waals surface area contributed by atoms with E-state index in [2.05, 4.69) is 5.32 Å². The lowest BCUT2D eigenvalue weighted by Crippen LogP contribution is -2.15. The second kappa shape index (κ2) is 5.94. The van der Waals surface area contributed by atoms with E-state index in [0.717, 1.165) is 11.3 Å². The zero-order valence-corrected chi connectivity index (χ0v) is 13.8. The quantitative estimate of drug-likeness (QED) is 0.875. The summed E-state index contributed by atoms with van der Waals surface area (Å²) in [6.07, 6.45) is 0. The molecule has 1 heterocycles. The largest absolute Gasteiger partial charge is 0.322 e. The van der Waals surface area contributed by atoms with Crippen molar-refractivity contribution >= 4 is 56.2 Å². The van der Waals surface area contributed by atoms with E-state index in [1.807, 2.05) is 0 Å². The Bertz CT molecular complexity index is 816. The van der Waals surface area contributed by atoms with Crippen molar-refractivity contribution in [3.8, 4) is 0 Å². The van der Waals surface area contributed by atoms with Gasteiger partial charge in [-0.2, -0.15) is 0 Å². The summed E-state index contributed by atoms with van der Waals surface area (Å²) in [5, 5.41) is 7.67. The second-order valence-corrected chi connectivity index (χ2v) is 8.06. The first-order valence-electron chi connectivity index (χ1n) is 5.58. The number of benzene rings is 1. The maximum Gasteiger partial charge on any atom is 0.258 e. The molecule has 3 N–H and O–H groups in total. The molecule has 0 atom stereocenters. The Labute approximate surface area is 135 Å². The summed E-state index contributed by atoms with van der Waals surface area (Å²) in [5.41, 5.74) is 1.25. The minimum absolute atomic E-state index is 0.0853. The van der Waals surface area contributed by atoms with E-state index in [0.29, 0.717) is 15.6 Å². The van der Waals surface area contributed by atoms with Crippen LogP contribution in [0.4, 0.5) is 5.69 Å². The second-order valence-electron chi connectivity index (χ2n) is 4.21. The summed E-state index contributed by atoms with van der Waals surface area (Å²) >= 11 is 12.8. The zero-order valence-electron chi connectivity index (χ0n) is 10.7. The molecule has 0 aliphatic carbocycles. The molecular formula is C12H10Cl2N2O3S2. The molecule has 0 saturated carbocycles. The first-order chi connectivity index (χ1) is 9.68. The third-order valence-corrected chi connectivity index (χ3v) is 5.09. The number of carbonyl (C=O) groups is 1. The SMILES string of the molecule is Cc1ccc(S(N)(=O)=O)cc1NC(=O)c1cc(Cl)sc1Cl. The van der Waals surface area contributed by atoms with Crippen LogP contribution < -0.4 is 10.5 Å². The molecule has 0 unspecified atom stereocenters. The molecular weight excluding hydrogens is 355 g/mol. The van der Waals surface area contributed by atoms with E-state index in [1.165, 1.54) is 18.2 Å². The van der Waals surface area contributed by atoms with Crippen LogP contribution in [0.15, 0.2) is 29.2 Å². The highest BCUT2D eigenvalue weighted by Gasteiger charge is 2.16. The molecule has 0 radical (unpaired) electrons. The zero-order chi connectivity index (χ0) is 15.8. The van der Waals surface area contributed by atoms with Crippen LogP contribution in [0.1, 0.15) is 15.9 Å². The molecule has 5 nitrogen and oxygen atoms in total. The Balaban J connectivity index is 2.35. The van der Waals surface area contributed by atoms with Gasteiger partial charge in [0.25, 0.3) is 5.91 Å². The van der Waals surface area contributed by atoms with Gasteiger partial charge in [0.15, 0.2) is 0 Å². The van der Waals surface area contributed by atoms with E-state index in [1.54, 1.807) is 13.0 Å². The number of anilines is 1. The van der Waals surface area contributed by atoms with E-state index >= 15 is 0 Å². The summed E-state index contributed by atoms with van der Waals surface area (Å²) in [4.78, 5) is 12.0. The molecule has 2 rings (SSSR count). The number of nitrogens with one attached hydrogen (secondary N) is 1. The number of amides is 1. The van der Waals surface area contributed by atoms with Gasteiger partial charge in [-0.25, -0.2) is 13.6 Å². The fourth-order valence-electron chi connectivity index (χ4n) is 1.60. The van der Waals surface area contributed by atoms with Crippen LogP contribution in [0.3, 0.4) is 0 Å². The predicted octanol–water partition coefficient (Wildman–Crippen LogP) is 3.26. The van der Waals surface area contributed by atoms with Gasteiger partial charge in [0.2, 0.25) is 10.0 Å². The molecule has 2 aromatic rings. The van der Waals surface area contributed by atoms with Crippen molar-refractivity contribution in [3.63, 3.8) is 0 Å². The molecule has 0 bridgehead atoms. The van der Waals surface area contributed by atoms with Crippen LogP contribution in [0.2, 0.25) is 8.67 Å². The maximum absolute atomic E-state index is 12.1. The van der Waals surface area contributed by atoms with Crippen molar-refractivity contribution in [2.75, 3.05) is 5.32 Å². The minimum atomic E-state index is -3.84. The number of sulfonamides is 1. The number of rotatable bonds is 3. The summed E-state index contributed by atoms with van der Waals surface area (Å²) in [6.45, 7) is 1.73. The van der Waals surface area contributed by atoms with Crippen LogP contribution in [-0.2, 0) is 10.0 Å². The lowest BCUT2D eigenvalue weighted by molar-refractivity contribution is 0.102. The number of primary sulfonamides is 1. The van der Waals surface area contributed by atoms with Gasteiger partial charge in [0.05, 0.1) is 14.8 Å². The number of hydrogen-bond acceptors (Lipinski definition) is 4. The molecule has 21 heavy (non-hydrogen) atoms. The normalized spacial score (nSPS) is 11.4. The fraction of sp³-hybridized carbons (Fsp3) is 0.0833. The van der Waals surface area contributed by atoms with Gasteiger partial charge in [0, 0.05) is 5.69 Å². The molecule has 1 aromatic heterocycles. The van der Waals surface area contributed by atoms with Gasteiger partial charge in [-0.1, -0.05) is 29.3 Å². The lowest BCUT2D eigenvalue weighted by Gasteiger charge is -2.09. The fourth-order valence-corrected chi connectivity index (χ4v) is 3.60. The highest BCUT2D eigenvalue weighted by molar-refractivity contribution is 7.89. The first kappa shape index (κ1) is 16.3. The van der Waals surface area contributed by atoms with Gasteiger partial charge in [0.1, 0.15) is 4.34 Å². The van der Waals surface area contributed by atoms with E-state index in [4.69, 9.17) is 28.3 Å². The predicted molar refractivity (Wildman–Crippen MR) is 84.8 cm³/mol. The van der Waals surface area contributed by atoms with Crippen LogP contribution in [0.25, 0.3) is 0 Å². The van der Waals surface area contributed by atoms with Crippen molar-refractivity contribution < 1.29 is 13.2 Å². The Hall–Kier alpha value is -1.12. The number of hydrogen-bond donors (Lipinski definition) is 2. The summed E-state index contributed by atoms with van der Waals surface area (Å²) in [5.74, 6) is -0.474. The number of aryl methyl sites for hydroxylation is 1. The Morgan fingerprint density at radius 2 is 1.95 bits per heavy atom. The van der Waals surface area contributed by atoms with Crippen molar-refractivity contribution in [2.45, 2.75) is 11.8 Å². The summed E-state index contributed by atoms with van der Waals surface area (Å²) in [6, 6.07) is 5.67. The standard InChI is InChI=1S/C12H10Cl2N2O3S2/c1-6-2-3-7(21(15,18)19)4-9(6)16-12(17)8-5-10(13)20-11(8)14/h2-5H,1H3,(H,16,17)(H2,15,18,19). The molecule has 9 heteroatoms. The topological polar surface area (TPSA) is 89.3 Å². The minimum Gasteiger partial charge on any atom is -0.322 e. The molecule has 0 spiro atoms. The molecule has 1 aromatic carbocycles. The number of halogens is 2. The van der Waals surface area contributed by atoms with E-state index in [9.17, 15) is 13.2 Å². The average molecular weight is 365 g/mol. The number of thiophene rings is 1. The van der Waals surface area contributed by atoms with Crippen LogP contribution in [0.5, 0.6) is 0 Å². The van der Waals surface area contributed by atoms with Gasteiger partial charge in [-0.15, -0.1) is 11.3 Å². The van der Waals surface area contributed by atoms with E-state index in [-0.39, 0.29) is 14.8 Å². The van der Waals surface area contributed by atoms with Gasteiger partial charge in [-0.05, 0) is 30.7 Å². The Kier molecular flexibility index (Phi) is 4.60. The molecule has 0 saturated heterocycles. The van der Waals surface area contributed by atoms with Gasteiger partial charge >= 0.3 is 0 Å². The number of carbonyl (C=O) groups excluding carboxylic acids is 1. The van der Waals surface area contributed by atoms with Crippen molar-refractivity contribution in [1.82, 2.24) is 0 Å². The molecule has 0 fully saturated rings. The average Bonchev–Trinajstić information content (AvgIpc) is 2.70. The van der Waals surface area contributed by atoms with Crippen molar-refractivity contribution in [2.24, 2.45) is 5.14 Å². The van der Waals surface area contributed by atoms with Crippen LogP contribution in [0, 0.1) is 6.92 Å². The third-order valence-electron chi connectivity index (χ3n) is 2.69.